The van der Waals surface area contributed by atoms with Gasteiger partial charge in [-0.15, -0.1) is 0 Å². The number of fused-ring (bicyclic) bond motifs is 3. The Morgan fingerprint density at radius 3 is 2.12 bits per heavy atom. The van der Waals surface area contributed by atoms with Crippen LogP contribution in [0, 0.1) is 0 Å². The summed E-state index contributed by atoms with van der Waals surface area (Å²) in [6.45, 7) is 1.28. The highest BCUT2D eigenvalue weighted by Crippen LogP contribution is 2.28. The van der Waals surface area contributed by atoms with Gasteiger partial charge in [0.15, 0.2) is 0 Å². The minimum absolute atomic E-state index is 0.00901. The molecule has 0 spiro atoms. The fourth-order valence-electron chi connectivity index (χ4n) is 3.15. The van der Waals surface area contributed by atoms with Crippen molar-refractivity contribution < 1.29 is 15.3 Å². The molecule has 0 saturated heterocycles. The van der Waals surface area contributed by atoms with E-state index in [2.05, 4.69) is 24.3 Å². The minimum Gasteiger partial charge on any atom is -0.395 e. The van der Waals surface area contributed by atoms with E-state index < -0.39 is 6.10 Å². The second kappa shape index (κ2) is 7.73. The minimum atomic E-state index is -0.661. The first-order valence-electron chi connectivity index (χ1n) is 8.26. The van der Waals surface area contributed by atoms with Crippen molar-refractivity contribution in [3.8, 4) is 0 Å². The third-order valence-electron chi connectivity index (χ3n) is 4.42. The molecular formula is C20H23NO3. The average molecular weight is 325 g/mol. The first kappa shape index (κ1) is 16.9. The fourth-order valence-corrected chi connectivity index (χ4v) is 3.15. The number of hydrogen-bond donors (Lipinski definition) is 3. The molecule has 4 nitrogen and oxygen atoms in total. The molecule has 0 aliphatic carbocycles. The Labute approximate surface area is 141 Å². The molecule has 3 rings (SSSR count). The Bertz CT molecular complexity index is 812. The summed E-state index contributed by atoms with van der Waals surface area (Å²) in [5.74, 6) is 0. The second-order valence-corrected chi connectivity index (χ2v) is 6.03. The van der Waals surface area contributed by atoms with E-state index in [1.807, 2.05) is 35.2 Å². The summed E-state index contributed by atoms with van der Waals surface area (Å²) in [6, 6.07) is 18.4. The number of rotatable bonds is 7. The first-order chi connectivity index (χ1) is 11.7. The van der Waals surface area contributed by atoms with Crippen LogP contribution in [0.4, 0.5) is 0 Å². The largest absolute Gasteiger partial charge is 0.395 e. The van der Waals surface area contributed by atoms with Gasteiger partial charge in [0.2, 0.25) is 0 Å². The van der Waals surface area contributed by atoms with Crippen molar-refractivity contribution in [2.24, 2.45) is 0 Å². The van der Waals surface area contributed by atoms with Gasteiger partial charge >= 0.3 is 0 Å². The number of aliphatic hydroxyl groups excluding tert-OH is 3. The molecule has 3 N–H and O–H groups in total. The van der Waals surface area contributed by atoms with E-state index in [4.69, 9.17) is 10.2 Å². The molecule has 0 radical (unpaired) electrons. The van der Waals surface area contributed by atoms with Gasteiger partial charge in [-0.2, -0.15) is 0 Å². The van der Waals surface area contributed by atoms with E-state index in [9.17, 15) is 5.11 Å². The van der Waals surface area contributed by atoms with Crippen molar-refractivity contribution in [1.29, 1.82) is 0 Å². The molecule has 1 unspecified atom stereocenters. The summed E-state index contributed by atoms with van der Waals surface area (Å²) >= 11 is 0. The topological polar surface area (TPSA) is 63.9 Å². The van der Waals surface area contributed by atoms with Crippen LogP contribution in [0.15, 0.2) is 54.6 Å². The van der Waals surface area contributed by atoms with Crippen LogP contribution in [0.5, 0.6) is 0 Å². The van der Waals surface area contributed by atoms with Crippen LogP contribution >= 0.6 is 0 Å². The molecule has 3 aromatic rings. The fraction of sp³-hybridized carbons (Fsp3) is 0.300. The summed E-state index contributed by atoms with van der Waals surface area (Å²) in [4.78, 5) is 1.86. The van der Waals surface area contributed by atoms with E-state index in [0.29, 0.717) is 19.6 Å². The van der Waals surface area contributed by atoms with Gasteiger partial charge in [-0.05, 0) is 33.2 Å². The highest BCUT2D eigenvalue weighted by molar-refractivity contribution is 6.07. The molecule has 0 aromatic heterocycles. The van der Waals surface area contributed by atoms with Gasteiger partial charge in [0.05, 0.1) is 19.3 Å². The molecule has 0 bridgehead atoms. The van der Waals surface area contributed by atoms with Gasteiger partial charge in [-0.25, -0.2) is 0 Å². The third kappa shape index (κ3) is 3.57. The van der Waals surface area contributed by atoms with Crippen LogP contribution in [0.3, 0.4) is 0 Å². The summed E-state index contributed by atoms with van der Waals surface area (Å²) in [7, 11) is 0. The Morgan fingerprint density at radius 1 is 0.792 bits per heavy atom. The molecule has 0 amide bonds. The van der Waals surface area contributed by atoms with Gasteiger partial charge in [0.25, 0.3) is 0 Å². The SMILES string of the molecule is OCCN(CCO)CC(O)c1ccc2ccc3ccccc3c2c1. The van der Waals surface area contributed by atoms with E-state index >= 15 is 0 Å². The van der Waals surface area contributed by atoms with Crippen LogP contribution in [-0.4, -0.2) is 53.1 Å². The lowest BCUT2D eigenvalue weighted by Gasteiger charge is -2.23. The zero-order valence-electron chi connectivity index (χ0n) is 13.6. The van der Waals surface area contributed by atoms with Crippen LogP contribution in [0.25, 0.3) is 21.5 Å². The Hall–Kier alpha value is -1.98. The van der Waals surface area contributed by atoms with Crippen molar-refractivity contribution in [1.82, 2.24) is 4.90 Å². The van der Waals surface area contributed by atoms with Crippen molar-refractivity contribution in [2.45, 2.75) is 6.10 Å². The normalized spacial score (nSPS) is 13.0. The van der Waals surface area contributed by atoms with Crippen LogP contribution < -0.4 is 0 Å². The van der Waals surface area contributed by atoms with Crippen LogP contribution in [-0.2, 0) is 0 Å². The lowest BCUT2D eigenvalue weighted by Crippen LogP contribution is -2.33. The summed E-state index contributed by atoms with van der Waals surface area (Å²) in [5.41, 5.74) is 0.847. The smallest absolute Gasteiger partial charge is 0.0917 e. The quantitative estimate of drug-likeness (QED) is 0.583. The lowest BCUT2D eigenvalue weighted by atomic mass is 9.98. The predicted octanol–water partition coefficient (Wildman–Crippen LogP) is 2.31. The van der Waals surface area contributed by atoms with Crippen molar-refractivity contribution in [3.63, 3.8) is 0 Å². The van der Waals surface area contributed by atoms with E-state index in [1.165, 1.54) is 10.8 Å². The number of aliphatic hydroxyl groups is 3. The zero-order chi connectivity index (χ0) is 16.9. The van der Waals surface area contributed by atoms with Crippen LogP contribution in [0.1, 0.15) is 11.7 Å². The van der Waals surface area contributed by atoms with Crippen LogP contribution in [0.2, 0.25) is 0 Å². The Morgan fingerprint density at radius 2 is 1.42 bits per heavy atom. The molecule has 0 aliphatic rings. The molecule has 1 atom stereocenters. The maximum Gasteiger partial charge on any atom is 0.0917 e. The van der Waals surface area contributed by atoms with Gasteiger partial charge in [-0.3, -0.25) is 4.90 Å². The average Bonchev–Trinajstić information content (AvgIpc) is 2.61. The molecule has 0 aliphatic heterocycles. The molecule has 24 heavy (non-hydrogen) atoms. The van der Waals surface area contributed by atoms with Gasteiger partial charge in [-0.1, -0.05) is 48.5 Å². The molecule has 4 heteroatoms. The predicted molar refractivity (Wildman–Crippen MR) is 97.0 cm³/mol. The lowest BCUT2D eigenvalue weighted by molar-refractivity contribution is 0.0875. The maximum absolute atomic E-state index is 10.6. The maximum atomic E-state index is 10.6. The van der Waals surface area contributed by atoms with E-state index in [-0.39, 0.29) is 13.2 Å². The third-order valence-corrected chi connectivity index (χ3v) is 4.42. The molecule has 0 saturated carbocycles. The first-order valence-corrected chi connectivity index (χ1v) is 8.26. The molecular weight excluding hydrogens is 302 g/mol. The van der Waals surface area contributed by atoms with E-state index in [1.54, 1.807) is 0 Å². The highest BCUT2D eigenvalue weighted by atomic mass is 16.3. The van der Waals surface area contributed by atoms with Gasteiger partial charge < -0.3 is 15.3 Å². The van der Waals surface area contributed by atoms with Crippen molar-refractivity contribution >= 4 is 21.5 Å². The van der Waals surface area contributed by atoms with Crippen molar-refractivity contribution in [2.75, 3.05) is 32.8 Å². The standard InChI is InChI=1S/C20H23NO3/c22-11-9-21(10-12-23)14-20(24)17-8-7-16-6-5-15-3-1-2-4-18(15)19(16)13-17/h1-8,13,20,22-24H,9-12,14H2. The van der Waals surface area contributed by atoms with Gasteiger partial charge in [0, 0.05) is 19.6 Å². The van der Waals surface area contributed by atoms with Gasteiger partial charge in [0.1, 0.15) is 0 Å². The monoisotopic (exact) mass is 325 g/mol. The number of hydrogen-bond acceptors (Lipinski definition) is 4. The number of nitrogens with zero attached hydrogens (tertiary/aromatic N) is 1. The Kier molecular flexibility index (Phi) is 5.43. The molecule has 3 aromatic carbocycles. The second-order valence-electron chi connectivity index (χ2n) is 6.03. The zero-order valence-corrected chi connectivity index (χ0v) is 13.6. The summed E-state index contributed by atoms with van der Waals surface area (Å²) < 4.78 is 0. The summed E-state index contributed by atoms with van der Waals surface area (Å²) in [5, 5.41) is 33.4. The summed E-state index contributed by atoms with van der Waals surface area (Å²) in [6.07, 6.45) is -0.661. The number of benzene rings is 3. The molecule has 0 fully saturated rings. The Balaban J connectivity index is 1.93. The highest BCUT2D eigenvalue weighted by Gasteiger charge is 2.14. The van der Waals surface area contributed by atoms with Crippen molar-refractivity contribution in [3.05, 3.63) is 60.2 Å². The molecule has 126 valence electrons. The molecule has 0 heterocycles. The van der Waals surface area contributed by atoms with E-state index in [0.717, 1.165) is 16.3 Å².